The van der Waals surface area contributed by atoms with E-state index in [9.17, 15) is 0 Å². The van der Waals surface area contributed by atoms with Gasteiger partial charge in [0.1, 0.15) is 0 Å². The van der Waals surface area contributed by atoms with Crippen LogP contribution in [0.15, 0.2) is 65.7 Å². The molecule has 0 fully saturated rings. The summed E-state index contributed by atoms with van der Waals surface area (Å²) in [6.07, 6.45) is 0. The number of guanidine groups is 1. The lowest BCUT2D eigenvalue weighted by Gasteiger charge is -2.25. The van der Waals surface area contributed by atoms with Crippen molar-refractivity contribution in [1.29, 1.82) is 0 Å². The van der Waals surface area contributed by atoms with E-state index < -0.39 is 0 Å². The van der Waals surface area contributed by atoms with Crippen LogP contribution in [0.4, 0.5) is 0 Å². The number of rotatable bonds is 4. The van der Waals surface area contributed by atoms with Crippen molar-refractivity contribution in [1.82, 2.24) is 10.3 Å². The van der Waals surface area contributed by atoms with Crippen LogP contribution in [0.2, 0.25) is 0 Å². The molecular weight excluding hydrogens is 248 g/mol. The Hall–Kier alpha value is -2.33. The summed E-state index contributed by atoms with van der Waals surface area (Å²) in [5.41, 5.74) is 5.11. The molecule has 2 aromatic carbocycles. The first-order valence-electron chi connectivity index (χ1n) is 6.59. The Morgan fingerprint density at radius 2 is 1.40 bits per heavy atom. The van der Waals surface area contributed by atoms with Crippen molar-refractivity contribution in [2.45, 2.75) is 13.1 Å². The Morgan fingerprint density at radius 3 is 1.75 bits per heavy atom. The van der Waals surface area contributed by atoms with E-state index in [4.69, 9.17) is 5.84 Å². The van der Waals surface area contributed by atoms with Crippen LogP contribution in [-0.2, 0) is 13.1 Å². The SMILES string of the molecule is CN=C(NN)N(Cc1ccccc1)Cc1ccccc1. The Morgan fingerprint density at radius 1 is 0.950 bits per heavy atom. The number of hydrogen-bond donors (Lipinski definition) is 2. The Kier molecular flexibility index (Phi) is 5.15. The van der Waals surface area contributed by atoms with Gasteiger partial charge >= 0.3 is 0 Å². The first-order valence-corrected chi connectivity index (χ1v) is 6.59. The smallest absolute Gasteiger partial charge is 0.208 e. The molecule has 20 heavy (non-hydrogen) atoms. The second-order valence-corrected chi connectivity index (χ2v) is 4.52. The molecule has 2 rings (SSSR count). The molecule has 0 atom stereocenters. The maximum atomic E-state index is 5.57. The van der Waals surface area contributed by atoms with Gasteiger partial charge in [-0.3, -0.25) is 10.4 Å². The van der Waals surface area contributed by atoms with Gasteiger partial charge in [-0.2, -0.15) is 0 Å². The monoisotopic (exact) mass is 268 g/mol. The first-order chi connectivity index (χ1) is 9.83. The average Bonchev–Trinajstić information content (AvgIpc) is 2.50. The van der Waals surface area contributed by atoms with Crippen molar-refractivity contribution in [3.63, 3.8) is 0 Å². The highest BCUT2D eigenvalue weighted by atomic mass is 15.4. The van der Waals surface area contributed by atoms with Crippen LogP contribution in [-0.4, -0.2) is 17.9 Å². The summed E-state index contributed by atoms with van der Waals surface area (Å²) in [5.74, 6) is 6.25. The summed E-state index contributed by atoms with van der Waals surface area (Å²) in [4.78, 5) is 6.32. The van der Waals surface area contributed by atoms with Crippen LogP contribution in [0.1, 0.15) is 11.1 Å². The normalized spacial score (nSPS) is 11.2. The van der Waals surface area contributed by atoms with Crippen LogP contribution in [0.25, 0.3) is 0 Å². The lowest BCUT2D eigenvalue weighted by molar-refractivity contribution is 0.390. The standard InChI is InChI=1S/C16H20N4/c1-18-16(19-17)20(12-14-8-4-2-5-9-14)13-15-10-6-3-7-11-15/h2-11H,12-13,17H2,1H3,(H,18,19). The van der Waals surface area contributed by atoms with Crippen molar-refractivity contribution < 1.29 is 0 Å². The number of benzene rings is 2. The fourth-order valence-electron chi connectivity index (χ4n) is 2.11. The van der Waals surface area contributed by atoms with Crippen LogP contribution in [0.5, 0.6) is 0 Å². The molecule has 0 unspecified atom stereocenters. The van der Waals surface area contributed by atoms with Gasteiger partial charge in [0.25, 0.3) is 0 Å². The highest BCUT2D eigenvalue weighted by Gasteiger charge is 2.11. The zero-order valence-electron chi connectivity index (χ0n) is 11.7. The molecule has 0 amide bonds. The second-order valence-electron chi connectivity index (χ2n) is 4.52. The highest BCUT2D eigenvalue weighted by Crippen LogP contribution is 2.10. The second kappa shape index (κ2) is 7.31. The first kappa shape index (κ1) is 14.1. The van der Waals surface area contributed by atoms with Gasteiger partial charge in [-0.25, -0.2) is 5.84 Å². The summed E-state index contributed by atoms with van der Waals surface area (Å²) < 4.78 is 0. The third kappa shape index (κ3) is 3.83. The minimum atomic E-state index is 0.678. The van der Waals surface area contributed by atoms with Crippen molar-refractivity contribution in [2.24, 2.45) is 10.8 Å². The number of hydrazine groups is 1. The lowest BCUT2D eigenvalue weighted by Crippen LogP contribution is -2.44. The topological polar surface area (TPSA) is 53.6 Å². The number of aliphatic imine (C=N–C) groups is 1. The molecular formula is C16H20N4. The van der Waals surface area contributed by atoms with E-state index in [0.29, 0.717) is 5.96 Å². The van der Waals surface area contributed by atoms with Gasteiger partial charge in [0.15, 0.2) is 0 Å². The third-order valence-electron chi connectivity index (χ3n) is 3.07. The molecule has 4 nitrogen and oxygen atoms in total. The summed E-state index contributed by atoms with van der Waals surface area (Å²) in [7, 11) is 1.73. The maximum absolute atomic E-state index is 5.57. The number of nitrogens with zero attached hydrogens (tertiary/aromatic N) is 2. The summed E-state index contributed by atoms with van der Waals surface area (Å²) >= 11 is 0. The highest BCUT2D eigenvalue weighted by molar-refractivity contribution is 5.79. The minimum Gasteiger partial charge on any atom is -0.333 e. The number of nitrogens with two attached hydrogens (primary N) is 1. The predicted molar refractivity (Wildman–Crippen MR) is 82.8 cm³/mol. The fraction of sp³-hybridized carbons (Fsp3) is 0.188. The fourth-order valence-corrected chi connectivity index (χ4v) is 2.11. The quantitative estimate of drug-likeness (QED) is 0.386. The summed E-state index contributed by atoms with van der Waals surface area (Å²) in [5, 5.41) is 0. The van der Waals surface area contributed by atoms with Crippen molar-refractivity contribution in [3.05, 3.63) is 71.8 Å². The Bertz CT molecular complexity index is 495. The van der Waals surface area contributed by atoms with Crippen molar-refractivity contribution >= 4 is 5.96 Å². The van der Waals surface area contributed by atoms with Crippen LogP contribution in [0.3, 0.4) is 0 Å². The molecule has 0 aliphatic carbocycles. The molecule has 0 bridgehead atoms. The zero-order chi connectivity index (χ0) is 14.2. The van der Waals surface area contributed by atoms with E-state index in [1.54, 1.807) is 7.05 Å². The molecule has 104 valence electrons. The molecule has 0 saturated heterocycles. The molecule has 0 saturated carbocycles. The molecule has 0 radical (unpaired) electrons. The number of nitrogens with one attached hydrogen (secondary N) is 1. The van der Waals surface area contributed by atoms with Gasteiger partial charge in [-0.05, 0) is 11.1 Å². The van der Waals surface area contributed by atoms with E-state index in [1.807, 2.05) is 36.4 Å². The molecule has 0 heterocycles. The molecule has 0 aliphatic heterocycles. The van der Waals surface area contributed by atoms with E-state index in [2.05, 4.69) is 39.6 Å². The van der Waals surface area contributed by atoms with Crippen molar-refractivity contribution in [3.8, 4) is 0 Å². The van der Waals surface area contributed by atoms with E-state index in [-0.39, 0.29) is 0 Å². The molecule has 4 heteroatoms. The van der Waals surface area contributed by atoms with Crippen LogP contribution in [0, 0.1) is 0 Å². The molecule has 0 aromatic heterocycles. The van der Waals surface area contributed by atoms with Crippen LogP contribution < -0.4 is 11.3 Å². The van der Waals surface area contributed by atoms with Gasteiger partial charge in [-0.15, -0.1) is 0 Å². The lowest BCUT2D eigenvalue weighted by atomic mass is 10.2. The molecule has 2 aromatic rings. The average molecular weight is 268 g/mol. The van der Waals surface area contributed by atoms with Crippen molar-refractivity contribution in [2.75, 3.05) is 7.05 Å². The van der Waals surface area contributed by atoms with Gasteiger partial charge in [0.2, 0.25) is 5.96 Å². The van der Waals surface area contributed by atoms with E-state index >= 15 is 0 Å². The van der Waals surface area contributed by atoms with Gasteiger partial charge in [0, 0.05) is 20.1 Å². The summed E-state index contributed by atoms with van der Waals surface area (Å²) in [6, 6.07) is 20.6. The maximum Gasteiger partial charge on any atom is 0.208 e. The zero-order valence-corrected chi connectivity index (χ0v) is 11.7. The Labute approximate surface area is 119 Å². The summed E-state index contributed by atoms with van der Waals surface area (Å²) in [6.45, 7) is 1.51. The van der Waals surface area contributed by atoms with Gasteiger partial charge in [-0.1, -0.05) is 60.7 Å². The minimum absolute atomic E-state index is 0.678. The predicted octanol–water partition coefficient (Wildman–Crippen LogP) is 2.14. The van der Waals surface area contributed by atoms with Gasteiger partial charge in [0.05, 0.1) is 0 Å². The Balaban J connectivity index is 2.17. The van der Waals surface area contributed by atoms with E-state index in [1.165, 1.54) is 11.1 Å². The largest absolute Gasteiger partial charge is 0.333 e. The van der Waals surface area contributed by atoms with Crippen LogP contribution >= 0.6 is 0 Å². The molecule has 0 spiro atoms. The molecule has 3 N–H and O–H groups in total. The number of hydrogen-bond acceptors (Lipinski definition) is 2. The van der Waals surface area contributed by atoms with Gasteiger partial charge < -0.3 is 4.90 Å². The third-order valence-corrected chi connectivity index (χ3v) is 3.07. The van der Waals surface area contributed by atoms with E-state index in [0.717, 1.165) is 13.1 Å². The molecule has 0 aliphatic rings.